The van der Waals surface area contributed by atoms with E-state index in [0.717, 1.165) is 11.8 Å². The molecule has 0 N–H and O–H groups in total. The molecule has 0 fully saturated rings. The van der Waals surface area contributed by atoms with Gasteiger partial charge in [0.2, 0.25) is 0 Å². The minimum atomic E-state index is -0.385. The molecule has 0 heterocycles. The maximum atomic E-state index is 11.7. The summed E-state index contributed by atoms with van der Waals surface area (Å²) in [6, 6.07) is 5.32. The molecule has 0 radical (unpaired) electrons. The molecule has 0 atom stereocenters. The summed E-state index contributed by atoms with van der Waals surface area (Å²) in [6.45, 7) is 0.328. The largest absolute Gasteiger partial charge is 0.493 e. The highest BCUT2D eigenvalue weighted by Gasteiger charge is 2.14. The van der Waals surface area contributed by atoms with Gasteiger partial charge in [0, 0.05) is 25.5 Å². The van der Waals surface area contributed by atoms with Gasteiger partial charge in [0.05, 0.1) is 13.7 Å². The Bertz CT molecular complexity index is 428. The molecule has 0 spiro atoms. The van der Waals surface area contributed by atoms with Gasteiger partial charge in [0.1, 0.15) is 6.29 Å². The summed E-state index contributed by atoms with van der Waals surface area (Å²) < 4.78 is 15.5. The Morgan fingerprint density at radius 2 is 2.11 bits per heavy atom. The van der Waals surface area contributed by atoms with Crippen LogP contribution in [0.15, 0.2) is 18.2 Å². The second kappa shape index (κ2) is 8.26. The van der Waals surface area contributed by atoms with Crippen LogP contribution < -0.4 is 9.47 Å². The number of methoxy groups -OCH3 is 2. The number of rotatable bonds is 8. The average molecular weight is 266 g/mol. The first-order valence-corrected chi connectivity index (χ1v) is 6.02. The van der Waals surface area contributed by atoms with E-state index in [1.165, 1.54) is 7.11 Å². The Morgan fingerprint density at radius 3 is 2.74 bits per heavy atom. The molecule has 1 rings (SSSR count). The fourth-order valence-electron chi connectivity index (χ4n) is 1.60. The molecule has 0 aliphatic rings. The molecule has 5 nitrogen and oxygen atoms in total. The van der Waals surface area contributed by atoms with E-state index in [1.54, 1.807) is 25.3 Å². The zero-order valence-electron chi connectivity index (χ0n) is 11.2. The number of carbonyl (C=O) groups excluding carboxylic acids is 2. The van der Waals surface area contributed by atoms with E-state index in [4.69, 9.17) is 14.2 Å². The van der Waals surface area contributed by atoms with Gasteiger partial charge < -0.3 is 19.0 Å². The van der Waals surface area contributed by atoms with Crippen molar-refractivity contribution >= 4 is 12.3 Å². The predicted octanol–water partition coefficient (Wildman–Crippen LogP) is 2.12. The third-order valence-electron chi connectivity index (χ3n) is 2.50. The van der Waals surface area contributed by atoms with Crippen molar-refractivity contribution < 1.29 is 23.8 Å². The summed E-state index contributed by atoms with van der Waals surface area (Å²) in [5.41, 5.74) is 0.741. The monoisotopic (exact) mass is 266 g/mol. The number of para-hydroxylation sites is 1. The summed E-state index contributed by atoms with van der Waals surface area (Å²) in [7, 11) is 3.07. The first-order chi connectivity index (χ1) is 9.22. The van der Waals surface area contributed by atoms with Crippen molar-refractivity contribution in [2.75, 3.05) is 14.2 Å². The lowest BCUT2D eigenvalue weighted by Crippen LogP contribution is -2.10. The summed E-state index contributed by atoms with van der Waals surface area (Å²) in [5, 5.41) is 0. The third kappa shape index (κ3) is 4.71. The van der Waals surface area contributed by atoms with E-state index in [9.17, 15) is 9.59 Å². The number of hydrogen-bond donors (Lipinski definition) is 0. The Hall–Kier alpha value is -1.88. The third-order valence-corrected chi connectivity index (χ3v) is 2.50. The van der Waals surface area contributed by atoms with Crippen LogP contribution in [0.25, 0.3) is 0 Å². The quantitative estimate of drug-likeness (QED) is 0.312. The van der Waals surface area contributed by atoms with Crippen molar-refractivity contribution in [2.45, 2.75) is 25.9 Å². The van der Waals surface area contributed by atoms with Crippen molar-refractivity contribution in [1.29, 1.82) is 0 Å². The SMILES string of the molecule is COCc1cccc(OC)c1OC(=O)CCCC=O. The standard InChI is InChI=1S/C14H18O5/c1-17-10-11-6-5-7-12(18-2)14(11)19-13(16)8-3-4-9-15/h5-7,9H,3-4,8,10H2,1-2H3. The zero-order valence-corrected chi connectivity index (χ0v) is 11.2. The second-order valence-electron chi connectivity index (χ2n) is 3.91. The van der Waals surface area contributed by atoms with Crippen LogP contribution in [-0.2, 0) is 20.9 Å². The molecule has 104 valence electrons. The molecule has 0 saturated carbocycles. The van der Waals surface area contributed by atoms with Gasteiger partial charge in [-0.25, -0.2) is 0 Å². The Labute approximate surface area is 112 Å². The Kier molecular flexibility index (Phi) is 6.60. The maximum absolute atomic E-state index is 11.7. The van der Waals surface area contributed by atoms with Gasteiger partial charge in [-0.1, -0.05) is 12.1 Å². The zero-order chi connectivity index (χ0) is 14.1. The number of unbranched alkanes of at least 4 members (excludes halogenated alkanes) is 1. The van der Waals surface area contributed by atoms with Crippen molar-refractivity contribution in [3.05, 3.63) is 23.8 Å². The molecule has 0 amide bonds. The van der Waals surface area contributed by atoms with Crippen molar-refractivity contribution in [3.8, 4) is 11.5 Å². The first kappa shape index (κ1) is 15.2. The van der Waals surface area contributed by atoms with Gasteiger partial charge in [-0.15, -0.1) is 0 Å². The van der Waals surface area contributed by atoms with E-state index in [-0.39, 0.29) is 12.4 Å². The lowest BCUT2D eigenvalue weighted by Gasteiger charge is -2.13. The van der Waals surface area contributed by atoms with Crippen LogP contribution in [-0.4, -0.2) is 26.5 Å². The molecular formula is C14H18O5. The van der Waals surface area contributed by atoms with Crippen LogP contribution in [0, 0.1) is 0 Å². The average Bonchev–Trinajstić information content (AvgIpc) is 2.41. The van der Waals surface area contributed by atoms with E-state index in [2.05, 4.69) is 0 Å². The molecule has 5 heteroatoms. The van der Waals surface area contributed by atoms with Crippen LogP contribution in [0.5, 0.6) is 11.5 Å². The van der Waals surface area contributed by atoms with Crippen LogP contribution >= 0.6 is 0 Å². The number of hydrogen-bond acceptors (Lipinski definition) is 5. The fraction of sp³-hybridized carbons (Fsp3) is 0.429. The highest BCUT2D eigenvalue weighted by molar-refractivity contribution is 5.74. The van der Waals surface area contributed by atoms with Gasteiger partial charge in [-0.05, 0) is 12.5 Å². The molecule has 0 aliphatic carbocycles. The lowest BCUT2D eigenvalue weighted by atomic mass is 10.2. The summed E-state index contributed by atoms with van der Waals surface area (Å²) in [5.74, 6) is 0.477. The van der Waals surface area contributed by atoms with Crippen LogP contribution in [0.2, 0.25) is 0 Å². The summed E-state index contributed by atoms with van der Waals surface area (Å²) >= 11 is 0. The van der Waals surface area contributed by atoms with Gasteiger partial charge in [0.25, 0.3) is 0 Å². The smallest absolute Gasteiger partial charge is 0.311 e. The van der Waals surface area contributed by atoms with Gasteiger partial charge in [-0.2, -0.15) is 0 Å². The lowest BCUT2D eigenvalue weighted by molar-refractivity contribution is -0.134. The number of esters is 1. The van der Waals surface area contributed by atoms with Gasteiger partial charge >= 0.3 is 5.97 Å². The number of carbonyl (C=O) groups is 2. The van der Waals surface area contributed by atoms with Crippen LogP contribution in [0.3, 0.4) is 0 Å². The second-order valence-corrected chi connectivity index (χ2v) is 3.91. The number of ether oxygens (including phenoxy) is 3. The highest BCUT2D eigenvalue weighted by Crippen LogP contribution is 2.31. The normalized spacial score (nSPS) is 10.0. The number of aldehydes is 1. The predicted molar refractivity (Wildman–Crippen MR) is 69.3 cm³/mol. The van der Waals surface area contributed by atoms with E-state index in [0.29, 0.717) is 30.9 Å². The van der Waals surface area contributed by atoms with Crippen molar-refractivity contribution in [3.63, 3.8) is 0 Å². The van der Waals surface area contributed by atoms with E-state index >= 15 is 0 Å². The van der Waals surface area contributed by atoms with Crippen molar-refractivity contribution in [1.82, 2.24) is 0 Å². The molecule has 0 aromatic heterocycles. The minimum absolute atomic E-state index is 0.198. The summed E-state index contributed by atoms with van der Waals surface area (Å²) in [6.07, 6.45) is 1.82. The van der Waals surface area contributed by atoms with Crippen LogP contribution in [0.4, 0.5) is 0 Å². The van der Waals surface area contributed by atoms with Crippen molar-refractivity contribution in [2.24, 2.45) is 0 Å². The molecule has 0 bridgehead atoms. The Morgan fingerprint density at radius 1 is 1.32 bits per heavy atom. The van der Waals surface area contributed by atoms with E-state index in [1.807, 2.05) is 0 Å². The summed E-state index contributed by atoms with van der Waals surface area (Å²) in [4.78, 5) is 21.9. The maximum Gasteiger partial charge on any atom is 0.311 e. The fourth-order valence-corrected chi connectivity index (χ4v) is 1.60. The Balaban J connectivity index is 2.79. The number of benzene rings is 1. The molecule has 1 aromatic rings. The molecule has 1 aromatic carbocycles. The molecule has 0 saturated heterocycles. The first-order valence-electron chi connectivity index (χ1n) is 6.02. The molecule has 0 aliphatic heterocycles. The molecule has 19 heavy (non-hydrogen) atoms. The van der Waals surface area contributed by atoms with Gasteiger partial charge in [-0.3, -0.25) is 4.79 Å². The van der Waals surface area contributed by atoms with Crippen LogP contribution in [0.1, 0.15) is 24.8 Å². The molecule has 0 unspecified atom stereocenters. The minimum Gasteiger partial charge on any atom is -0.493 e. The molecular weight excluding hydrogens is 248 g/mol. The highest BCUT2D eigenvalue weighted by atomic mass is 16.6. The van der Waals surface area contributed by atoms with Gasteiger partial charge in [0.15, 0.2) is 11.5 Å². The topological polar surface area (TPSA) is 61.8 Å². The van der Waals surface area contributed by atoms with E-state index < -0.39 is 0 Å².